The van der Waals surface area contributed by atoms with Crippen LogP contribution in [0.25, 0.3) is 0 Å². The topological polar surface area (TPSA) is 49.4 Å². The number of hydrogen-bond acceptors (Lipinski definition) is 2. The molecule has 0 aromatic heterocycles. The van der Waals surface area contributed by atoms with Gasteiger partial charge in [-0.1, -0.05) is 15.9 Å². The maximum absolute atomic E-state index is 12.3. The Balaban J connectivity index is 1.96. The summed E-state index contributed by atoms with van der Waals surface area (Å²) >= 11 is 3.35. The molecule has 1 aliphatic heterocycles. The Morgan fingerprint density at radius 1 is 1.21 bits per heavy atom. The summed E-state index contributed by atoms with van der Waals surface area (Å²) in [7, 11) is 1.65. The minimum absolute atomic E-state index is 0.0407. The highest BCUT2D eigenvalue weighted by molar-refractivity contribution is 9.10. The molecule has 1 saturated heterocycles. The lowest BCUT2D eigenvalue weighted by Gasteiger charge is -2.31. The summed E-state index contributed by atoms with van der Waals surface area (Å²) in [6, 6.07) is 7.36. The van der Waals surface area contributed by atoms with Crippen molar-refractivity contribution in [1.29, 1.82) is 0 Å². The van der Waals surface area contributed by atoms with Crippen molar-refractivity contribution in [3.8, 4) is 0 Å². The number of rotatable bonds is 2. The Labute approximate surface area is 121 Å². The normalized spacial score (nSPS) is 16.2. The molecule has 0 spiro atoms. The molecule has 4 nitrogen and oxygen atoms in total. The molecular weight excluding hydrogens is 308 g/mol. The molecule has 0 bridgehead atoms. The van der Waals surface area contributed by atoms with E-state index in [0.717, 1.165) is 17.3 Å². The summed E-state index contributed by atoms with van der Waals surface area (Å²) in [6.07, 6.45) is 1.48. The van der Waals surface area contributed by atoms with Crippen LogP contribution in [0.4, 0.5) is 0 Å². The van der Waals surface area contributed by atoms with Crippen molar-refractivity contribution in [2.24, 2.45) is 5.92 Å². The summed E-state index contributed by atoms with van der Waals surface area (Å²) in [4.78, 5) is 25.6. The van der Waals surface area contributed by atoms with Gasteiger partial charge in [0.15, 0.2) is 0 Å². The van der Waals surface area contributed by atoms with Crippen LogP contribution in [0.3, 0.4) is 0 Å². The second-order valence-electron chi connectivity index (χ2n) is 4.69. The van der Waals surface area contributed by atoms with Crippen molar-refractivity contribution in [3.05, 3.63) is 34.3 Å². The van der Waals surface area contributed by atoms with Crippen molar-refractivity contribution in [2.45, 2.75) is 12.8 Å². The van der Waals surface area contributed by atoms with Gasteiger partial charge in [-0.05, 0) is 37.1 Å². The lowest BCUT2D eigenvalue weighted by molar-refractivity contribution is -0.125. The molecule has 1 heterocycles. The number of nitrogens with one attached hydrogen (secondary N) is 1. The summed E-state index contributed by atoms with van der Waals surface area (Å²) in [5, 5.41) is 2.67. The van der Waals surface area contributed by atoms with Gasteiger partial charge in [-0.3, -0.25) is 9.59 Å². The van der Waals surface area contributed by atoms with E-state index in [1.807, 2.05) is 29.2 Å². The standard InChI is InChI=1S/C14H17BrN2O2/c1-16-13(18)10-6-8-17(9-7-10)14(19)11-2-4-12(15)5-3-11/h2-5,10H,6-9H2,1H3,(H,16,18). The highest BCUT2D eigenvalue weighted by Gasteiger charge is 2.27. The third kappa shape index (κ3) is 3.35. The van der Waals surface area contributed by atoms with Gasteiger partial charge in [-0.2, -0.15) is 0 Å². The van der Waals surface area contributed by atoms with Gasteiger partial charge in [0, 0.05) is 36.1 Å². The molecule has 19 heavy (non-hydrogen) atoms. The second kappa shape index (κ2) is 6.19. The van der Waals surface area contributed by atoms with Gasteiger partial charge in [0.2, 0.25) is 5.91 Å². The second-order valence-corrected chi connectivity index (χ2v) is 5.60. The van der Waals surface area contributed by atoms with Crippen molar-refractivity contribution in [2.75, 3.05) is 20.1 Å². The Hall–Kier alpha value is -1.36. The molecule has 0 saturated carbocycles. The largest absolute Gasteiger partial charge is 0.359 e. The zero-order chi connectivity index (χ0) is 13.8. The predicted octanol–water partition coefficient (Wildman–Crippen LogP) is 2.05. The molecule has 1 aliphatic rings. The highest BCUT2D eigenvalue weighted by Crippen LogP contribution is 2.20. The van der Waals surface area contributed by atoms with Crippen LogP contribution in [0.5, 0.6) is 0 Å². The fraction of sp³-hybridized carbons (Fsp3) is 0.429. The first kappa shape index (κ1) is 14.1. The smallest absolute Gasteiger partial charge is 0.253 e. The molecule has 0 unspecified atom stereocenters. The number of halogens is 1. The van der Waals surface area contributed by atoms with Crippen LogP contribution in [-0.2, 0) is 4.79 Å². The average Bonchev–Trinajstić information content (AvgIpc) is 2.46. The number of nitrogens with zero attached hydrogens (tertiary/aromatic N) is 1. The van der Waals surface area contributed by atoms with Gasteiger partial charge < -0.3 is 10.2 Å². The molecule has 1 N–H and O–H groups in total. The Morgan fingerprint density at radius 3 is 2.32 bits per heavy atom. The van der Waals surface area contributed by atoms with Crippen molar-refractivity contribution < 1.29 is 9.59 Å². The van der Waals surface area contributed by atoms with Crippen LogP contribution < -0.4 is 5.32 Å². The highest BCUT2D eigenvalue weighted by atomic mass is 79.9. The third-order valence-electron chi connectivity index (χ3n) is 3.49. The SMILES string of the molecule is CNC(=O)C1CCN(C(=O)c2ccc(Br)cc2)CC1. The molecule has 102 valence electrons. The van der Waals surface area contributed by atoms with Gasteiger partial charge in [-0.25, -0.2) is 0 Å². The van der Waals surface area contributed by atoms with Crippen molar-refractivity contribution >= 4 is 27.7 Å². The van der Waals surface area contributed by atoms with Gasteiger partial charge in [-0.15, -0.1) is 0 Å². The molecular formula is C14H17BrN2O2. The number of hydrogen-bond donors (Lipinski definition) is 1. The molecule has 0 aliphatic carbocycles. The van der Waals surface area contributed by atoms with Crippen LogP contribution in [0, 0.1) is 5.92 Å². The van der Waals surface area contributed by atoms with Gasteiger partial charge in [0.05, 0.1) is 0 Å². The van der Waals surface area contributed by atoms with E-state index in [1.54, 1.807) is 7.05 Å². The summed E-state index contributed by atoms with van der Waals surface area (Å²) in [5.74, 6) is 0.164. The first-order valence-electron chi connectivity index (χ1n) is 6.38. The van der Waals surface area contributed by atoms with Gasteiger partial charge in [0.1, 0.15) is 0 Å². The number of carbonyl (C=O) groups is 2. The summed E-state index contributed by atoms with van der Waals surface area (Å²) in [6.45, 7) is 1.29. The van der Waals surface area contributed by atoms with Crippen LogP contribution in [0.2, 0.25) is 0 Å². The molecule has 2 amide bonds. The lowest BCUT2D eigenvalue weighted by Crippen LogP contribution is -2.42. The van der Waals surface area contributed by atoms with Crippen molar-refractivity contribution in [1.82, 2.24) is 10.2 Å². The van der Waals surface area contributed by atoms with Gasteiger partial charge >= 0.3 is 0 Å². The van der Waals surface area contributed by atoms with Crippen LogP contribution in [0.15, 0.2) is 28.7 Å². The number of amides is 2. The van der Waals surface area contributed by atoms with Crippen LogP contribution in [0.1, 0.15) is 23.2 Å². The lowest BCUT2D eigenvalue weighted by atomic mass is 9.95. The minimum Gasteiger partial charge on any atom is -0.359 e. The Kier molecular flexibility index (Phi) is 4.58. The van der Waals surface area contributed by atoms with E-state index in [0.29, 0.717) is 18.7 Å². The van der Waals surface area contributed by atoms with E-state index in [2.05, 4.69) is 21.2 Å². The first-order chi connectivity index (χ1) is 9.11. The summed E-state index contributed by atoms with van der Waals surface area (Å²) < 4.78 is 0.961. The maximum atomic E-state index is 12.3. The van der Waals surface area contributed by atoms with E-state index >= 15 is 0 Å². The number of likely N-dealkylation sites (tertiary alicyclic amines) is 1. The molecule has 1 aromatic rings. The monoisotopic (exact) mass is 324 g/mol. The Bertz CT molecular complexity index is 465. The zero-order valence-corrected chi connectivity index (χ0v) is 12.4. The number of piperidine rings is 1. The van der Waals surface area contributed by atoms with E-state index < -0.39 is 0 Å². The van der Waals surface area contributed by atoms with E-state index in [1.165, 1.54) is 0 Å². The van der Waals surface area contributed by atoms with E-state index in [4.69, 9.17) is 0 Å². The maximum Gasteiger partial charge on any atom is 0.253 e. The first-order valence-corrected chi connectivity index (χ1v) is 7.17. The molecule has 5 heteroatoms. The van der Waals surface area contributed by atoms with E-state index in [-0.39, 0.29) is 17.7 Å². The van der Waals surface area contributed by atoms with Gasteiger partial charge in [0.25, 0.3) is 5.91 Å². The van der Waals surface area contributed by atoms with Crippen LogP contribution >= 0.6 is 15.9 Å². The molecule has 1 fully saturated rings. The van der Waals surface area contributed by atoms with E-state index in [9.17, 15) is 9.59 Å². The number of benzene rings is 1. The molecule has 0 radical (unpaired) electrons. The fourth-order valence-corrected chi connectivity index (χ4v) is 2.59. The molecule has 0 atom stereocenters. The third-order valence-corrected chi connectivity index (χ3v) is 4.02. The average molecular weight is 325 g/mol. The van der Waals surface area contributed by atoms with Crippen LogP contribution in [-0.4, -0.2) is 36.9 Å². The fourth-order valence-electron chi connectivity index (χ4n) is 2.32. The molecule has 2 rings (SSSR count). The predicted molar refractivity (Wildman–Crippen MR) is 76.8 cm³/mol. The molecule has 1 aromatic carbocycles. The zero-order valence-electron chi connectivity index (χ0n) is 10.9. The minimum atomic E-state index is 0.0407. The summed E-state index contributed by atoms with van der Waals surface area (Å²) in [5.41, 5.74) is 0.696. The quantitative estimate of drug-likeness (QED) is 0.905. The Morgan fingerprint density at radius 2 is 1.79 bits per heavy atom. The van der Waals surface area contributed by atoms with Crippen molar-refractivity contribution in [3.63, 3.8) is 0 Å². The number of carbonyl (C=O) groups excluding carboxylic acids is 2.